The third-order valence-electron chi connectivity index (χ3n) is 4.77. The molecular weight excluding hydrogens is 373 g/mol. The van der Waals surface area contributed by atoms with Gasteiger partial charge in [0.15, 0.2) is 0 Å². The van der Waals surface area contributed by atoms with Crippen LogP contribution in [-0.2, 0) is 0 Å². The Balaban J connectivity index is 1.94. The number of nitrogens with zero attached hydrogens (tertiary/aromatic N) is 2. The lowest BCUT2D eigenvalue weighted by molar-refractivity contribution is 0.0696. The maximum Gasteiger partial charge on any atom is 0.335 e. The van der Waals surface area contributed by atoms with Gasteiger partial charge < -0.3 is 10.8 Å². The predicted octanol–water partition coefficient (Wildman–Crippen LogP) is 3.91. The fourth-order valence-corrected chi connectivity index (χ4v) is 3.31. The van der Waals surface area contributed by atoms with Gasteiger partial charge in [0.1, 0.15) is 22.9 Å². The van der Waals surface area contributed by atoms with Crippen molar-refractivity contribution in [2.24, 2.45) is 5.73 Å². The zero-order chi connectivity index (χ0) is 20.7. The molecule has 0 aliphatic heterocycles. The van der Waals surface area contributed by atoms with Gasteiger partial charge in [-0.25, -0.2) is 14.2 Å². The summed E-state index contributed by atoms with van der Waals surface area (Å²) >= 11 is 0. The zero-order valence-corrected chi connectivity index (χ0v) is 15.4. The Bertz CT molecular complexity index is 1280. The van der Waals surface area contributed by atoms with E-state index in [-0.39, 0.29) is 11.3 Å². The number of carboxylic acids is 1. The van der Waals surface area contributed by atoms with E-state index in [4.69, 9.17) is 5.73 Å². The maximum atomic E-state index is 13.3. The molecule has 3 N–H and O–H groups in total. The van der Waals surface area contributed by atoms with E-state index in [9.17, 15) is 19.1 Å². The normalized spacial score (nSPS) is 11.0. The molecule has 0 bridgehead atoms. The van der Waals surface area contributed by atoms with Crippen molar-refractivity contribution in [3.05, 3.63) is 83.4 Å². The number of primary amides is 1. The molecule has 2 aromatic carbocycles. The van der Waals surface area contributed by atoms with Gasteiger partial charge in [-0.05, 0) is 72.1 Å². The van der Waals surface area contributed by atoms with E-state index in [0.29, 0.717) is 22.5 Å². The Hall–Kier alpha value is -4.00. The molecule has 0 saturated carbocycles. The number of fused-ring (bicyclic) bond motifs is 1. The van der Waals surface area contributed by atoms with Gasteiger partial charge in [0.05, 0.1) is 5.56 Å². The number of amides is 1. The van der Waals surface area contributed by atoms with Crippen molar-refractivity contribution in [1.29, 1.82) is 0 Å². The number of hydrogen-bond donors (Lipinski definition) is 2. The minimum atomic E-state index is -1.02. The van der Waals surface area contributed by atoms with Crippen LogP contribution in [0.25, 0.3) is 28.0 Å². The van der Waals surface area contributed by atoms with Gasteiger partial charge in [-0.1, -0.05) is 6.07 Å². The number of pyridine rings is 1. The zero-order valence-electron chi connectivity index (χ0n) is 15.4. The molecule has 7 heteroatoms. The SMILES string of the molecule is Cc1ccc(C(=O)O)cc1-c1ccc2nc(-c3ccc(F)cc3)c(C(N)=O)n2c1. The fourth-order valence-electron chi connectivity index (χ4n) is 3.31. The van der Waals surface area contributed by atoms with Crippen molar-refractivity contribution in [2.75, 3.05) is 0 Å². The second kappa shape index (κ2) is 6.87. The van der Waals surface area contributed by atoms with E-state index in [1.54, 1.807) is 40.9 Å². The topological polar surface area (TPSA) is 97.7 Å². The first kappa shape index (κ1) is 18.4. The summed E-state index contributed by atoms with van der Waals surface area (Å²) < 4.78 is 14.8. The average molecular weight is 389 g/mol. The molecule has 0 aliphatic carbocycles. The van der Waals surface area contributed by atoms with Crippen LogP contribution in [0.4, 0.5) is 4.39 Å². The standard InChI is InChI=1S/C22H16FN3O3/c1-12-2-3-14(22(28)29)10-17(12)15-6-9-18-25-19(13-4-7-16(23)8-5-13)20(21(24)27)26(18)11-15/h2-11H,1H3,(H2,24,27)(H,28,29). The maximum absolute atomic E-state index is 13.3. The first-order valence-corrected chi connectivity index (χ1v) is 8.77. The third-order valence-corrected chi connectivity index (χ3v) is 4.77. The van der Waals surface area contributed by atoms with Crippen LogP contribution < -0.4 is 5.73 Å². The summed E-state index contributed by atoms with van der Waals surface area (Å²) in [6, 6.07) is 14.0. The fraction of sp³-hybridized carbons (Fsp3) is 0.0455. The number of rotatable bonds is 4. The quantitative estimate of drug-likeness (QED) is 0.553. The molecule has 4 rings (SSSR count). The Morgan fingerprint density at radius 2 is 1.72 bits per heavy atom. The molecule has 2 aromatic heterocycles. The largest absolute Gasteiger partial charge is 0.478 e. The molecule has 2 heterocycles. The van der Waals surface area contributed by atoms with Gasteiger partial charge in [-0.2, -0.15) is 0 Å². The minimum Gasteiger partial charge on any atom is -0.478 e. The molecule has 0 radical (unpaired) electrons. The predicted molar refractivity (Wildman–Crippen MR) is 106 cm³/mol. The molecule has 0 atom stereocenters. The molecule has 29 heavy (non-hydrogen) atoms. The van der Waals surface area contributed by atoms with Crippen LogP contribution in [-0.4, -0.2) is 26.4 Å². The Labute approximate surface area is 165 Å². The van der Waals surface area contributed by atoms with E-state index in [0.717, 1.165) is 11.1 Å². The second-order valence-corrected chi connectivity index (χ2v) is 6.66. The van der Waals surface area contributed by atoms with Crippen molar-refractivity contribution >= 4 is 17.5 Å². The number of imidazole rings is 1. The van der Waals surface area contributed by atoms with Gasteiger partial charge in [-0.15, -0.1) is 0 Å². The molecule has 1 amide bonds. The number of carbonyl (C=O) groups excluding carboxylic acids is 1. The first-order chi connectivity index (χ1) is 13.8. The van der Waals surface area contributed by atoms with Crippen LogP contribution in [0.1, 0.15) is 26.4 Å². The van der Waals surface area contributed by atoms with E-state index in [1.165, 1.54) is 24.3 Å². The summed E-state index contributed by atoms with van der Waals surface area (Å²) in [5.41, 5.74) is 9.68. The van der Waals surface area contributed by atoms with Gasteiger partial charge in [0, 0.05) is 11.8 Å². The molecular formula is C22H16FN3O3. The number of carbonyl (C=O) groups is 2. The molecule has 0 spiro atoms. The van der Waals surface area contributed by atoms with E-state index >= 15 is 0 Å². The van der Waals surface area contributed by atoms with Crippen LogP contribution in [0.3, 0.4) is 0 Å². The van der Waals surface area contributed by atoms with Crippen molar-refractivity contribution in [2.45, 2.75) is 6.92 Å². The first-order valence-electron chi connectivity index (χ1n) is 8.77. The van der Waals surface area contributed by atoms with Gasteiger partial charge in [0.25, 0.3) is 5.91 Å². The molecule has 4 aromatic rings. The molecule has 0 saturated heterocycles. The Kier molecular flexibility index (Phi) is 4.35. The van der Waals surface area contributed by atoms with E-state index in [2.05, 4.69) is 4.98 Å². The van der Waals surface area contributed by atoms with Crippen LogP contribution in [0.15, 0.2) is 60.8 Å². The number of aromatic nitrogens is 2. The molecule has 0 fully saturated rings. The van der Waals surface area contributed by atoms with Gasteiger partial charge in [0.2, 0.25) is 0 Å². The van der Waals surface area contributed by atoms with Crippen LogP contribution in [0.5, 0.6) is 0 Å². The minimum absolute atomic E-state index is 0.165. The van der Waals surface area contributed by atoms with Crippen LogP contribution in [0, 0.1) is 12.7 Å². The van der Waals surface area contributed by atoms with Gasteiger partial charge >= 0.3 is 5.97 Å². The number of aryl methyl sites for hydroxylation is 1. The summed E-state index contributed by atoms with van der Waals surface area (Å²) in [5, 5.41) is 9.28. The van der Waals surface area contributed by atoms with Crippen molar-refractivity contribution in [3.8, 4) is 22.4 Å². The second-order valence-electron chi connectivity index (χ2n) is 6.66. The monoisotopic (exact) mass is 389 g/mol. The summed E-state index contributed by atoms with van der Waals surface area (Å²) in [5.74, 6) is -2.09. The highest BCUT2D eigenvalue weighted by atomic mass is 19.1. The van der Waals surface area contributed by atoms with Crippen LogP contribution in [0.2, 0.25) is 0 Å². The number of nitrogens with two attached hydrogens (primary N) is 1. The third kappa shape index (κ3) is 3.23. The molecule has 0 aliphatic rings. The lowest BCUT2D eigenvalue weighted by atomic mass is 9.99. The van der Waals surface area contributed by atoms with E-state index < -0.39 is 17.7 Å². The lowest BCUT2D eigenvalue weighted by Gasteiger charge is -2.09. The van der Waals surface area contributed by atoms with Crippen molar-refractivity contribution in [1.82, 2.24) is 9.38 Å². The van der Waals surface area contributed by atoms with Gasteiger partial charge in [-0.3, -0.25) is 9.20 Å². The number of aromatic carboxylic acids is 1. The summed E-state index contributed by atoms with van der Waals surface area (Å²) in [7, 11) is 0. The highest BCUT2D eigenvalue weighted by Crippen LogP contribution is 2.29. The Morgan fingerprint density at radius 1 is 1.03 bits per heavy atom. The molecule has 6 nitrogen and oxygen atoms in total. The number of hydrogen-bond acceptors (Lipinski definition) is 3. The average Bonchev–Trinajstić information content (AvgIpc) is 3.07. The molecule has 0 unspecified atom stereocenters. The summed E-state index contributed by atoms with van der Waals surface area (Å²) in [6.07, 6.45) is 1.70. The highest BCUT2D eigenvalue weighted by molar-refractivity contribution is 5.99. The highest BCUT2D eigenvalue weighted by Gasteiger charge is 2.19. The van der Waals surface area contributed by atoms with Crippen molar-refractivity contribution < 1.29 is 19.1 Å². The number of carboxylic acid groups (broad SMARTS) is 1. The molecule has 144 valence electrons. The smallest absolute Gasteiger partial charge is 0.335 e. The van der Waals surface area contributed by atoms with E-state index in [1.807, 2.05) is 6.92 Å². The summed E-state index contributed by atoms with van der Waals surface area (Å²) in [6.45, 7) is 1.87. The summed E-state index contributed by atoms with van der Waals surface area (Å²) in [4.78, 5) is 28.0. The number of benzene rings is 2. The Morgan fingerprint density at radius 3 is 2.38 bits per heavy atom. The van der Waals surface area contributed by atoms with Crippen molar-refractivity contribution in [3.63, 3.8) is 0 Å². The number of halogens is 1. The lowest BCUT2D eigenvalue weighted by Crippen LogP contribution is -2.15. The van der Waals surface area contributed by atoms with Crippen LogP contribution >= 0.6 is 0 Å².